The Kier molecular flexibility index (Phi) is 4.31. The van der Waals surface area contributed by atoms with Gasteiger partial charge < -0.3 is 15.7 Å². The minimum Gasteiger partial charge on any atom is -0.394 e. The fourth-order valence-corrected chi connectivity index (χ4v) is 1.31. The van der Waals surface area contributed by atoms with Crippen LogP contribution in [0.1, 0.15) is 18.1 Å². The minimum absolute atomic E-state index is 0.0692. The molecule has 1 atom stereocenters. The van der Waals surface area contributed by atoms with Crippen LogP contribution in [0.3, 0.4) is 0 Å². The van der Waals surface area contributed by atoms with Crippen LogP contribution >= 0.6 is 0 Å². The van der Waals surface area contributed by atoms with Crippen LogP contribution < -0.4 is 10.6 Å². The van der Waals surface area contributed by atoms with Gasteiger partial charge in [0.05, 0.1) is 12.6 Å². The molecule has 0 aliphatic heterocycles. The first-order chi connectivity index (χ1) is 7.54. The summed E-state index contributed by atoms with van der Waals surface area (Å²) in [6.07, 6.45) is 0. The van der Waals surface area contributed by atoms with Crippen LogP contribution in [0.25, 0.3) is 0 Å². The zero-order valence-corrected chi connectivity index (χ0v) is 9.87. The standard InChI is InChI=1S/C12H18N2O2/c1-8-5-4-6-11(10(8)3)14-12(16)13-9(2)7-15/h4-6,9,15H,7H2,1-3H3,(H2,13,14,16). The second kappa shape index (κ2) is 5.51. The molecule has 1 unspecified atom stereocenters. The van der Waals surface area contributed by atoms with Crippen molar-refractivity contribution < 1.29 is 9.90 Å². The molecule has 0 heterocycles. The highest BCUT2D eigenvalue weighted by Crippen LogP contribution is 2.17. The molecule has 0 aliphatic carbocycles. The Hall–Kier alpha value is -1.55. The van der Waals surface area contributed by atoms with Gasteiger partial charge in [0.25, 0.3) is 0 Å². The highest BCUT2D eigenvalue weighted by Gasteiger charge is 2.07. The molecule has 16 heavy (non-hydrogen) atoms. The Morgan fingerprint density at radius 3 is 2.75 bits per heavy atom. The molecule has 1 aromatic rings. The fourth-order valence-electron chi connectivity index (χ4n) is 1.31. The number of carbonyl (C=O) groups excluding carboxylic acids is 1. The number of urea groups is 1. The van der Waals surface area contributed by atoms with E-state index in [1.165, 1.54) is 0 Å². The number of hydrogen-bond donors (Lipinski definition) is 3. The van der Waals surface area contributed by atoms with Crippen molar-refractivity contribution in [2.75, 3.05) is 11.9 Å². The smallest absolute Gasteiger partial charge is 0.319 e. The Balaban J connectivity index is 2.66. The van der Waals surface area contributed by atoms with Gasteiger partial charge in [0.2, 0.25) is 0 Å². The summed E-state index contributed by atoms with van der Waals surface area (Å²) in [5, 5.41) is 14.2. The third kappa shape index (κ3) is 3.24. The van der Waals surface area contributed by atoms with Crippen LogP contribution in [0.15, 0.2) is 18.2 Å². The van der Waals surface area contributed by atoms with Gasteiger partial charge in [-0.1, -0.05) is 12.1 Å². The van der Waals surface area contributed by atoms with E-state index in [9.17, 15) is 4.79 Å². The number of nitrogens with one attached hydrogen (secondary N) is 2. The van der Waals surface area contributed by atoms with Gasteiger partial charge in [-0.3, -0.25) is 0 Å². The number of aliphatic hydroxyl groups excluding tert-OH is 1. The minimum atomic E-state index is -0.296. The molecule has 0 aromatic heterocycles. The van der Waals surface area contributed by atoms with Crippen LogP contribution in [-0.4, -0.2) is 23.8 Å². The molecule has 0 radical (unpaired) electrons. The molecule has 4 nitrogen and oxygen atoms in total. The predicted octanol–water partition coefficient (Wildman–Crippen LogP) is 1.81. The van der Waals surface area contributed by atoms with Crippen LogP contribution in [-0.2, 0) is 0 Å². The Labute approximate surface area is 95.7 Å². The average molecular weight is 222 g/mol. The average Bonchev–Trinajstić information content (AvgIpc) is 2.24. The highest BCUT2D eigenvalue weighted by molar-refractivity contribution is 5.90. The maximum atomic E-state index is 11.5. The van der Waals surface area contributed by atoms with E-state index in [1.807, 2.05) is 32.0 Å². The van der Waals surface area contributed by atoms with E-state index in [0.717, 1.165) is 16.8 Å². The zero-order valence-electron chi connectivity index (χ0n) is 9.87. The lowest BCUT2D eigenvalue weighted by Gasteiger charge is -2.14. The SMILES string of the molecule is Cc1cccc(NC(=O)NC(C)CO)c1C. The lowest BCUT2D eigenvalue weighted by atomic mass is 10.1. The Bertz CT molecular complexity index is 377. The molecule has 1 aromatic carbocycles. The highest BCUT2D eigenvalue weighted by atomic mass is 16.3. The van der Waals surface area contributed by atoms with Gasteiger partial charge in [-0.2, -0.15) is 0 Å². The van der Waals surface area contributed by atoms with E-state index < -0.39 is 0 Å². The number of rotatable bonds is 3. The van der Waals surface area contributed by atoms with E-state index in [0.29, 0.717) is 0 Å². The van der Waals surface area contributed by atoms with Crippen molar-refractivity contribution in [2.45, 2.75) is 26.8 Å². The van der Waals surface area contributed by atoms with Crippen molar-refractivity contribution in [3.8, 4) is 0 Å². The van der Waals surface area contributed by atoms with Gasteiger partial charge in [-0.25, -0.2) is 4.79 Å². The Morgan fingerprint density at radius 2 is 2.12 bits per heavy atom. The maximum Gasteiger partial charge on any atom is 0.319 e. The first-order valence-corrected chi connectivity index (χ1v) is 5.29. The van der Waals surface area contributed by atoms with Gasteiger partial charge in [0.15, 0.2) is 0 Å². The Morgan fingerprint density at radius 1 is 1.44 bits per heavy atom. The van der Waals surface area contributed by atoms with Crippen molar-refractivity contribution in [3.63, 3.8) is 0 Å². The number of aryl methyl sites for hydroxylation is 1. The lowest BCUT2D eigenvalue weighted by molar-refractivity contribution is 0.229. The van der Waals surface area contributed by atoms with E-state index in [1.54, 1.807) is 6.92 Å². The summed E-state index contributed by atoms with van der Waals surface area (Å²) in [7, 11) is 0. The molecule has 0 fully saturated rings. The van der Waals surface area contributed by atoms with E-state index in [-0.39, 0.29) is 18.7 Å². The first-order valence-electron chi connectivity index (χ1n) is 5.29. The molecular weight excluding hydrogens is 204 g/mol. The van der Waals surface area contributed by atoms with Gasteiger partial charge >= 0.3 is 6.03 Å². The summed E-state index contributed by atoms with van der Waals surface area (Å²) in [5.74, 6) is 0. The van der Waals surface area contributed by atoms with Crippen molar-refractivity contribution in [2.24, 2.45) is 0 Å². The molecule has 4 heteroatoms. The summed E-state index contributed by atoms with van der Waals surface area (Å²) >= 11 is 0. The van der Waals surface area contributed by atoms with Gasteiger partial charge in [0.1, 0.15) is 0 Å². The van der Waals surface area contributed by atoms with Crippen molar-refractivity contribution in [1.29, 1.82) is 0 Å². The van der Waals surface area contributed by atoms with Crippen molar-refractivity contribution >= 4 is 11.7 Å². The fraction of sp³-hybridized carbons (Fsp3) is 0.417. The van der Waals surface area contributed by atoms with E-state index in [4.69, 9.17) is 5.11 Å². The van der Waals surface area contributed by atoms with Gasteiger partial charge in [-0.05, 0) is 38.0 Å². The molecule has 0 saturated carbocycles. The third-order valence-electron chi connectivity index (χ3n) is 2.50. The molecule has 1 rings (SSSR count). The van der Waals surface area contributed by atoms with Crippen LogP contribution in [0.2, 0.25) is 0 Å². The summed E-state index contributed by atoms with van der Waals surface area (Å²) in [6, 6.07) is 5.20. The number of benzene rings is 1. The summed E-state index contributed by atoms with van der Waals surface area (Å²) < 4.78 is 0. The molecular formula is C12H18N2O2. The van der Waals surface area contributed by atoms with E-state index in [2.05, 4.69) is 10.6 Å². The normalized spacial score (nSPS) is 12.0. The molecule has 0 bridgehead atoms. The summed E-state index contributed by atoms with van der Waals surface area (Å²) in [6.45, 7) is 5.62. The van der Waals surface area contributed by atoms with Crippen LogP contribution in [0, 0.1) is 13.8 Å². The number of hydrogen-bond acceptors (Lipinski definition) is 2. The number of aliphatic hydroxyl groups is 1. The van der Waals surface area contributed by atoms with E-state index >= 15 is 0 Å². The second-order valence-electron chi connectivity index (χ2n) is 3.93. The largest absolute Gasteiger partial charge is 0.394 e. The topological polar surface area (TPSA) is 61.4 Å². The van der Waals surface area contributed by atoms with Crippen LogP contribution in [0.5, 0.6) is 0 Å². The predicted molar refractivity (Wildman–Crippen MR) is 64.6 cm³/mol. The number of carbonyl (C=O) groups is 1. The van der Waals surface area contributed by atoms with Gasteiger partial charge in [-0.15, -0.1) is 0 Å². The molecule has 2 amide bonds. The lowest BCUT2D eigenvalue weighted by Crippen LogP contribution is -2.38. The third-order valence-corrected chi connectivity index (χ3v) is 2.50. The van der Waals surface area contributed by atoms with Crippen LogP contribution in [0.4, 0.5) is 10.5 Å². The summed E-state index contributed by atoms with van der Waals surface area (Å²) in [5.41, 5.74) is 2.98. The molecule has 0 saturated heterocycles. The first kappa shape index (κ1) is 12.5. The second-order valence-corrected chi connectivity index (χ2v) is 3.93. The van der Waals surface area contributed by atoms with Crippen molar-refractivity contribution in [1.82, 2.24) is 5.32 Å². The number of anilines is 1. The van der Waals surface area contributed by atoms with Crippen molar-refractivity contribution in [3.05, 3.63) is 29.3 Å². The molecule has 3 N–H and O–H groups in total. The molecule has 0 spiro atoms. The number of amides is 2. The zero-order chi connectivity index (χ0) is 12.1. The maximum absolute atomic E-state index is 11.5. The quantitative estimate of drug-likeness (QED) is 0.730. The summed E-state index contributed by atoms with van der Waals surface area (Å²) in [4.78, 5) is 11.5. The van der Waals surface area contributed by atoms with Gasteiger partial charge in [0, 0.05) is 5.69 Å². The molecule has 0 aliphatic rings. The molecule has 88 valence electrons. The monoisotopic (exact) mass is 222 g/mol.